The van der Waals surface area contributed by atoms with E-state index < -0.39 is 10.0 Å². The van der Waals surface area contributed by atoms with Crippen LogP contribution in [0, 0.1) is 0 Å². The molecule has 0 spiro atoms. The molecule has 0 fully saturated rings. The van der Waals surface area contributed by atoms with Crippen LogP contribution in [-0.4, -0.2) is 14.5 Å². The molecule has 0 aliphatic heterocycles. The Kier molecular flexibility index (Phi) is 5.78. The van der Waals surface area contributed by atoms with Crippen LogP contribution in [0.2, 0.25) is 0 Å². The molecule has 0 aliphatic carbocycles. The molecule has 0 atom stereocenters. The number of sulfonamides is 1. The highest BCUT2D eigenvalue weighted by molar-refractivity contribution is 9.10. The predicted octanol–water partition coefficient (Wildman–Crippen LogP) is 2.37. The molecular formula is C12H19BrN2O2S. The number of nitrogens with one attached hydrogen (secondary N) is 1. The first-order valence-electron chi connectivity index (χ1n) is 5.95. The van der Waals surface area contributed by atoms with E-state index in [0.717, 1.165) is 18.4 Å². The summed E-state index contributed by atoms with van der Waals surface area (Å²) in [5.74, 6) is 0. The second-order valence-electron chi connectivity index (χ2n) is 4.10. The van der Waals surface area contributed by atoms with E-state index in [0.29, 0.717) is 11.0 Å². The molecular weight excluding hydrogens is 316 g/mol. The van der Waals surface area contributed by atoms with Crippen LogP contribution in [0.1, 0.15) is 32.3 Å². The van der Waals surface area contributed by atoms with Gasteiger partial charge in [0.25, 0.3) is 0 Å². The van der Waals surface area contributed by atoms with Gasteiger partial charge in [0.2, 0.25) is 10.0 Å². The number of rotatable bonds is 6. The van der Waals surface area contributed by atoms with Crippen molar-refractivity contribution in [3.63, 3.8) is 0 Å². The Morgan fingerprint density at radius 3 is 2.39 bits per heavy atom. The van der Waals surface area contributed by atoms with E-state index >= 15 is 0 Å². The molecule has 0 saturated carbocycles. The normalized spacial score (nSPS) is 12.1. The van der Waals surface area contributed by atoms with Crippen molar-refractivity contribution in [2.75, 3.05) is 0 Å². The van der Waals surface area contributed by atoms with Gasteiger partial charge >= 0.3 is 0 Å². The van der Waals surface area contributed by atoms with Crippen molar-refractivity contribution in [3.8, 4) is 0 Å². The molecule has 0 bridgehead atoms. The molecule has 1 aromatic carbocycles. The number of nitrogens with two attached hydrogens (primary N) is 1. The van der Waals surface area contributed by atoms with E-state index in [4.69, 9.17) is 5.73 Å². The van der Waals surface area contributed by atoms with Gasteiger partial charge in [0, 0.05) is 17.1 Å². The van der Waals surface area contributed by atoms with Crippen LogP contribution in [0.25, 0.3) is 0 Å². The van der Waals surface area contributed by atoms with Crippen LogP contribution in [0.5, 0.6) is 0 Å². The summed E-state index contributed by atoms with van der Waals surface area (Å²) in [5, 5.41) is 0. The zero-order valence-electron chi connectivity index (χ0n) is 10.6. The third-order valence-corrected chi connectivity index (χ3v) is 5.33. The van der Waals surface area contributed by atoms with E-state index in [9.17, 15) is 8.42 Å². The van der Waals surface area contributed by atoms with Gasteiger partial charge in [0.15, 0.2) is 0 Å². The van der Waals surface area contributed by atoms with Gasteiger partial charge in [0.05, 0.1) is 4.90 Å². The van der Waals surface area contributed by atoms with E-state index in [1.165, 1.54) is 0 Å². The number of benzene rings is 1. The topological polar surface area (TPSA) is 72.2 Å². The second kappa shape index (κ2) is 6.65. The SMILES string of the molecule is CCC(CC)NS(=O)(=O)c1ccc(CN)cc1Br. The van der Waals surface area contributed by atoms with Crippen LogP contribution in [-0.2, 0) is 16.6 Å². The molecule has 0 heterocycles. The Bertz CT molecular complexity index is 499. The fourth-order valence-corrected chi connectivity index (χ4v) is 4.15. The lowest BCUT2D eigenvalue weighted by atomic mass is 10.2. The summed E-state index contributed by atoms with van der Waals surface area (Å²) in [5.41, 5.74) is 6.41. The summed E-state index contributed by atoms with van der Waals surface area (Å²) in [7, 11) is -3.48. The lowest BCUT2D eigenvalue weighted by Gasteiger charge is -2.16. The summed E-state index contributed by atoms with van der Waals surface area (Å²) in [4.78, 5) is 0.256. The molecule has 1 aromatic rings. The molecule has 0 radical (unpaired) electrons. The second-order valence-corrected chi connectivity index (χ2v) is 6.64. The van der Waals surface area contributed by atoms with Crippen molar-refractivity contribution in [2.45, 2.75) is 44.2 Å². The highest BCUT2D eigenvalue weighted by Gasteiger charge is 2.20. The van der Waals surface area contributed by atoms with Crippen molar-refractivity contribution in [1.82, 2.24) is 4.72 Å². The maximum absolute atomic E-state index is 12.2. The van der Waals surface area contributed by atoms with Crippen LogP contribution >= 0.6 is 15.9 Å². The zero-order chi connectivity index (χ0) is 13.8. The highest BCUT2D eigenvalue weighted by atomic mass is 79.9. The molecule has 0 aromatic heterocycles. The molecule has 1 rings (SSSR count). The molecule has 0 aliphatic rings. The third-order valence-electron chi connectivity index (χ3n) is 2.83. The summed E-state index contributed by atoms with van der Waals surface area (Å²) in [6, 6.07) is 5.01. The molecule has 0 unspecified atom stereocenters. The summed E-state index contributed by atoms with van der Waals surface area (Å²) in [6.45, 7) is 4.31. The van der Waals surface area contributed by atoms with Crippen LogP contribution in [0.15, 0.2) is 27.6 Å². The van der Waals surface area contributed by atoms with Gasteiger partial charge in [-0.25, -0.2) is 13.1 Å². The largest absolute Gasteiger partial charge is 0.326 e. The Morgan fingerprint density at radius 2 is 1.94 bits per heavy atom. The van der Waals surface area contributed by atoms with E-state index in [1.807, 2.05) is 13.8 Å². The van der Waals surface area contributed by atoms with Crippen molar-refractivity contribution < 1.29 is 8.42 Å². The van der Waals surface area contributed by atoms with Crippen LogP contribution in [0.4, 0.5) is 0 Å². The first kappa shape index (κ1) is 15.6. The Hall–Kier alpha value is -0.430. The van der Waals surface area contributed by atoms with Gasteiger partial charge in [-0.1, -0.05) is 19.9 Å². The Labute approximate surface area is 117 Å². The first-order chi connectivity index (χ1) is 8.44. The van der Waals surface area contributed by atoms with E-state index in [-0.39, 0.29) is 10.9 Å². The summed E-state index contributed by atoms with van der Waals surface area (Å²) < 4.78 is 27.7. The van der Waals surface area contributed by atoms with Crippen LogP contribution < -0.4 is 10.5 Å². The van der Waals surface area contributed by atoms with Crippen molar-refractivity contribution in [2.24, 2.45) is 5.73 Å². The van der Waals surface area contributed by atoms with Crippen molar-refractivity contribution in [1.29, 1.82) is 0 Å². The quantitative estimate of drug-likeness (QED) is 0.838. The van der Waals surface area contributed by atoms with Crippen molar-refractivity contribution >= 4 is 26.0 Å². The molecule has 0 amide bonds. The van der Waals surface area contributed by atoms with E-state index in [2.05, 4.69) is 20.7 Å². The average Bonchev–Trinajstić information content (AvgIpc) is 2.35. The lowest BCUT2D eigenvalue weighted by molar-refractivity contribution is 0.530. The third kappa shape index (κ3) is 3.78. The number of hydrogen-bond donors (Lipinski definition) is 2. The fourth-order valence-electron chi connectivity index (χ4n) is 1.63. The maximum Gasteiger partial charge on any atom is 0.241 e. The van der Waals surface area contributed by atoms with Crippen LogP contribution in [0.3, 0.4) is 0 Å². The molecule has 6 heteroatoms. The molecule has 0 saturated heterocycles. The maximum atomic E-state index is 12.2. The minimum absolute atomic E-state index is 0.0314. The molecule has 102 valence electrons. The van der Waals surface area contributed by atoms with Gasteiger partial charge in [-0.2, -0.15) is 0 Å². The minimum atomic E-state index is -3.48. The zero-order valence-corrected chi connectivity index (χ0v) is 13.0. The predicted molar refractivity (Wildman–Crippen MR) is 76.7 cm³/mol. The number of halogens is 1. The average molecular weight is 335 g/mol. The molecule has 4 nitrogen and oxygen atoms in total. The van der Waals surface area contributed by atoms with E-state index in [1.54, 1.807) is 18.2 Å². The molecule has 18 heavy (non-hydrogen) atoms. The van der Waals surface area contributed by atoms with Gasteiger partial charge in [-0.3, -0.25) is 0 Å². The Morgan fingerprint density at radius 1 is 1.33 bits per heavy atom. The standard InChI is InChI=1S/C12H19BrN2O2S/c1-3-10(4-2)15-18(16,17)12-6-5-9(8-14)7-11(12)13/h5-7,10,15H,3-4,8,14H2,1-2H3. The summed E-state index contributed by atoms with van der Waals surface area (Å²) in [6.07, 6.45) is 1.54. The first-order valence-corrected chi connectivity index (χ1v) is 8.23. The van der Waals surface area contributed by atoms with Gasteiger partial charge in [0.1, 0.15) is 0 Å². The number of hydrogen-bond acceptors (Lipinski definition) is 3. The minimum Gasteiger partial charge on any atom is -0.326 e. The van der Waals surface area contributed by atoms with Crippen molar-refractivity contribution in [3.05, 3.63) is 28.2 Å². The lowest BCUT2D eigenvalue weighted by Crippen LogP contribution is -2.34. The molecule has 3 N–H and O–H groups in total. The van der Waals surface area contributed by atoms with Gasteiger partial charge in [-0.15, -0.1) is 0 Å². The monoisotopic (exact) mass is 334 g/mol. The fraction of sp³-hybridized carbons (Fsp3) is 0.500. The smallest absolute Gasteiger partial charge is 0.241 e. The Balaban J connectivity index is 3.05. The summed E-state index contributed by atoms with van der Waals surface area (Å²) >= 11 is 3.28. The highest BCUT2D eigenvalue weighted by Crippen LogP contribution is 2.23. The van der Waals surface area contributed by atoms with Gasteiger partial charge in [-0.05, 0) is 46.5 Å². The van der Waals surface area contributed by atoms with Gasteiger partial charge < -0.3 is 5.73 Å².